The molecule has 0 bridgehead atoms. The molecular formula is C12H20N4O. The quantitative estimate of drug-likeness (QED) is 0.696. The van der Waals surface area contributed by atoms with E-state index in [4.69, 9.17) is 0 Å². The first kappa shape index (κ1) is 12.1. The first-order chi connectivity index (χ1) is 8.27. The number of rotatable bonds is 6. The smallest absolute Gasteiger partial charge is 0.223 e. The van der Waals surface area contributed by atoms with Crippen LogP contribution in [-0.2, 0) is 11.3 Å². The van der Waals surface area contributed by atoms with E-state index in [1.54, 1.807) is 12.5 Å². The Labute approximate surface area is 102 Å². The van der Waals surface area contributed by atoms with Crippen LogP contribution in [0.25, 0.3) is 0 Å². The maximum absolute atomic E-state index is 11.8. The van der Waals surface area contributed by atoms with Crippen molar-refractivity contribution in [2.75, 3.05) is 19.6 Å². The van der Waals surface area contributed by atoms with Gasteiger partial charge in [-0.1, -0.05) is 6.92 Å². The number of hydrogen-bond acceptors (Lipinski definition) is 3. The zero-order valence-electron chi connectivity index (χ0n) is 10.2. The van der Waals surface area contributed by atoms with Gasteiger partial charge in [0, 0.05) is 31.4 Å². The van der Waals surface area contributed by atoms with E-state index in [9.17, 15) is 4.79 Å². The first-order valence-electron chi connectivity index (χ1n) is 6.21. The van der Waals surface area contributed by atoms with Gasteiger partial charge in [-0.15, -0.1) is 0 Å². The fourth-order valence-corrected chi connectivity index (χ4v) is 1.93. The minimum Gasteiger partial charge on any atom is -0.356 e. The molecule has 2 rings (SSSR count). The molecule has 1 unspecified atom stereocenters. The van der Waals surface area contributed by atoms with Crippen molar-refractivity contribution in [3.05, 3.63) is 18.7 Å². The second kappa shape index (κ2) is 5.82. The van der Waals surface area contributed by atoms with Crippen LogP contribution in [0.4, 0.5) is 0 Å². The maximum atomic E-state index is 11.8. The van der Waals surface area contributed by atoms with Gasteiger partial charge in [-0.3, -0.25) is 4.79 Å². The molecule has 2 heterocycles. The van der Waals surface area contributed by atoms with E-state index in [0.717, 1.165) is 32.6 Å². The number of hydrogen-bond donors (Lipinski definition) is 2. The Bertz CT molecular complexity index is 345. The van der Waals surface area contributed by atoms with Crippen molar-refractivity contribution in [3.8, 4) is 0 Å². The molecule has 1 aliphatic heterocycles. The summed E-state index contributed by atoms with van der Waals surface area (Å²) in [6.45, 7) is 5.60. The van der Waals surface area contributed by atoms with Crippen LogP contribution in [0.15, 0.2) is 18.7 Å². The standard InChI is InChI=1S/C12H20N4O/c1-10(11-7-14-8-11)12(17)15-3-2-5-16-6-4-13-9-16/h4,6,9-11,14H,2-3,5,7-8H2,1H3,(H,15,17). The summed E-state index contributed by atoms with van der Waals surface area (Å²) in [6, 6.07) is 0. The number of aryl methyl sites for hydroxylation is 1. The Morgan fingerprint density at radius 3 is 3.06 bits per heavy atom. The topological polar surface area (TPSA) is 59.0 Å². The van der Waals surface area contributed by atoms with Crippen LogP contribution in [0.1, 0.15) is 13.3 Å². The van der Waals surface area contributed by atoms with Crippen molar-refractivity contribution in [3.63, 3.8) is 0 Å². The van der Waals surface area contributed by atoms with Crippen LogP contribution in [0, 0.1) is 11.8 Å². The summed E-state index contributed by atoms with van der Waals surface area (Å²) in [5.74, 6) is 0.829. The van der Waals surface area contributed by atoms with E-state index in [2.05, 4.69) is 15.6 Å². The Hall–Kier alpha value is -1.36. The fourth-order valence-electron chi connectivity index (χ4n) is 1.93. The molecule has 0 radical (unpaired) electrons. The highest BCUT2D eigenvalue weighted by atomic mass is 16.1. The largest absolute Gasteiger partial charge is 0.356 e. The number of nitrogens with one attached hydrogen (secondary N) is 2. The van der Waals surface area contributed by atoms with Gasteiger partial charge in [0.05, 0.1) is 6.33 Å². The van der Waals surface area contributed by atoms with Crippen LogP contribution in [-0.4, -0.2) is 35.1 Å². The SMILES string of the molecule is CC(C(=O)NCCCn1ccnc1)C1CNC1. The molecule has 1 fully saturated rings. The lowest BCUT2D eigenvalue weighted by Crippen LogP contribution is -2.49. The molecule has 94 valence electrons. The number of aromatic nitrogens is 2. The van der Waals surface area contributed by atoms with Gasteiger partial charge in [0.2, 0.25) is 5.91 Å². The van der Waals surface area contributed by atoms with Gasteiger partial charge in [0.1, 0.15) is 0 Å². The molecule has 2 N–H and O–H groups in total. The van der Waals surface area contributed by atoms with Gasteiger partial charge in [-0.05, 0) is 25.4 Å². The highest BCUT2D eigenvalue weighted by Gasteiger charge is 2.28. The molecule has 1 saturated heterocycles. The van der Waals surface area contributed by atoms with E-state index in [-0.39, 0.29) is 11.8 Å². The molecule has 0 aliphatic carbocycles. The molecule has 17 heavy (non-hydrogen) atoms. The van der Waals surface area contributed by atoms with Gasteiger partial charge < -0.3 is 15.2 Å². The number of carbonyl (C=O) groups excluding carboxylic acids is 1. The molecule has 1 aromatic heterocycles. The molecule has 0 spiro atoms. The lowest BCUT2D eigenvalue weighted by Gasteiger charge is -2.31. The Balaban J connectivity index is 1.59. The van der Waals surface area contributed by atoms with Gasteiger partial charge in [-0.25, -0.2) is 4.98 Å². The second-order valence-corrected chi connectivity index (χ2v) is 4.65. The van der Waals surface area contributed by atoms with Crippen LogP contribution < -0.4 is 10.6 Å². The summed E-state index contributed by atoms with van der Waals surface area (Å²) >= 11 is 0. The van der Waals surface area contributed by atoms with E-state index >= 15 is 0 Å². The number of carbonyl (C=O) groups is 1. The fraction of sp³-hybridized carbons (Fsp3) is 0.667. The van der Waals surface area contributed by atoms with Gasteiger partial charge in [0.25, 0.3) is 0 Å². The lowest BCUT2D eigenvalue weighted by atomic mass is 9.88. The summed E-state index contributed by atoms with van der Waals surface area (Å²) in [5.41, 5.74) is 0. The van der Waals surface area contributed by atoms with E-state index < -0.39 is 0 Å². The maximum Gasteiger partial charge on any atom is 0.223 e. The molecule has 0 aromatic carbocycles. The zero-order valence-corrected chi connectivity index (χ0v) is 10.2. The van der Waals surface area contributed by atoms with Gasteiger partial charge in [0.15, 0.2) is 0 Å². The highest BCUT2D eigenvalue weighted by Crippen LogP contribution is 2.15. The summed E-state index contributed by atoms with van der Waals surface area (Å²) in [7, 11) is 0. The molecule has 1 amide bonds. The molecule has 5 nitrogen and oxygen atoms in total. The van der Waals surface area contributed by atoms with Gasteiger partial charge in [-0.2, -0.15) is 0 Å². The van der Waals surface area contributed by atoms with Crippen molar-refractivity contribution in [1.29, 1.82) is 0 Å². The van der Waals surface area contributed by atoms with E-state index in [1.165, 1.54) is 0 Å². The number of nitrogens with zero attached hydrogens (tertiary/aromatic N) is 2. The van der Waals surface area contributed by atoms with Crippen molar-refractivity contribution in [1.82, 2.24) is 20.2 Å². The predicted octanol–water partition coefficient (Wildman–Crippen LogP) is 0.245. The molecule has 5 heteroatoms. The molecule has 1 aliphatic rings. The lowest BCUT2D eigenvalue weighted by molar-refractivity contribution is -0.126. The van der Waals surface area contributed by atoms with E-state index in [1.807, 2.05) is 17.7 Å². The molecule has 0 saturated carbocycles. The third-order valence-corrected chi connectivity index (χ3v) is 3.39. The molecule has 1 aromatic rings. The second-order valence-electron chi connectivity index (χ2n) is 4.65. The molecular weight excluding hydrogens is 216 g/mol. The normalized spacial score (nSPS) is 17.5. The van der Waals surface area contributed by atoms with Crippen LogP contribution in [0.3, 0.4) is 0 Å². The zero-order chi connectivity index (χ0) is 12.1. The summed E-state index contributed by atoms with van der Waals surface area (Å²) in [5, 5.41) is 6.19. The first-order valence-corrected chi connectivity index (χ1v) is 6.21. The minimum atomic E-state index is 0.129. The van der Waals surface area contributed by atoms with Crippen molar-refractivity contribution < 1.29 is 4.79 Å². The Morgan fingerprint density at radius 2 is 2.47 bits per heavy atom. The number of imidazole rings is 1. The summed E-state index contributed by atoms with van der Waals surface area (Å²) in [6.07, 6.45) is 6.44. The average Bonchev–Trinajstić information content (AvgIpc) is 2.74. The van der Waals surface area contributed by atoms with Crippen LogP contribution in [0.2, 0.25) is 0 Å². The minimum absolute atomic E-state index is 0.129. The van der Waals surface area contributed by atoms with Crippen molar-refractivity contribution >= 4 is 5.91 Å². The summed E-state index contributed by atoms with van der Waals surface area (Å²) in [4.78, 5) is 15.8. The van der Waals surface area contributed by atoms with Crippen LogP contribution >= 0.6 is 0 Å². The summed E-state index contributed by atoms with van der Waals surface area (Å²) < 4.78 is 2.02. The van der Waals surface area contributed by atoms with Crippen molar-refractivity contribution in [2.24, 2.45) is 11.8 Å². The average molecular weight is 236 g/mol. The van der Waals surface area contributed by atoms with Gasteiger partial charge >= 0.3 is 0 Å². The Morgan fingerprint density at radius 1 is 1.65 bits per heavy atom. The highest BCUT2D eigenvalue weighted by molar-refractivity contribution is 5.78. The molecule has 1 atom stereocenters. The predicted molar refractivity (Wildman–Crippen MR) is 65.4 cm³/mol. The number of amides is 1. The van der Waals surface area contributed by atoms with Crippen molar-refractivity contribution in [2.45, 2.75) is 19.9 Å². The van der Waals surface area contributed by atoms with E-state index in [0.29, 0.717) is 5.92 Å². The third-order valence-electron chi connectivity index (χ3n) is 3.39. The monoisotopic (exact) mass is 236 g/mol. The Kier molecular flexibility index (Phi) is 4.14. The third kappa shape index (κ3) is 3.30. The van der Waals surface area contributed by atoms with Crippen LogP contribution in [0.5, 0.6) is 0 Å².